The van der Waals surface area contributed by atoms with Crippen LogP contribution in [0.15, 0.2) is 6.07 Å². The van der Waals surface area contributed by atoms with Gasteiger partial charge in [0.2, 0.25) is 0 Å². The predicted octanol–water partition coefficient (Wildman–Crippen LogP) is -0.316. The van der Waals surface area contributed by atoms with Crippen LogP contribution in [0.25, 0.3) is 0 Å². The molecule has 1 aliphatic heterocycles. The Morgan fingerprint density at radius 2 is 2.58 bits per heavy atom. The van der Waals surface area contributed by atoms with E-state index >= 15 is 0 Å². The number of rotatable bonds is 1. The molecule has 64 valence electrons. The van der Waals surface area contributed by atoms with Crippen LogP contribution >= 0.6 is 0 Å². The van der Waals surface area contributed by atoms with Crippen molar-refractivity contribution in [2.24, 2.45) is 0 Å². The van der Waals surface area contributed by atoms with Crippen molar-refractivity contribution in [2.45, 2.75) is 13.1 Å². The summed E-state index contributed by atoms with van der Waals surface area (Å²) in [5, 5.41) is 15.7. The van der Waals surface area contributed by atoms with Crippen LogP contribution in [0.5, 0.6) is 0 Å². The van der Waals surface area contributed by atoms with Gasteiger partial charge in [-0.2, -0.15) is 5.10 Å². The molecule has 0 aromatic carbocycles. The Balaban J connectivity index is 2.38. The van der Waals surface area contributed by atoms with Gasteiger partial charge < -0.3 is 10.4 Å². The summed E-state index contributed by atoms with van der Waals surface area (Å²) in [7, 11) is 0. The molecule has 5 nitrogen and oxygen atoms in total. The second-order valence-electron chi connectivity index (χ2n) is 2.73. The molecule has 0 bridgehead atoms. The fourth-order valence-electron chi connectivity index (χ4n) is 1.30. The number of nitrogens with one attached hydrogen (secondary N) is 1. The van der Waals surface area contributed by atoms with Gasteiger partial charge in [-0.15, -0.1) is 0 Å². The summed E-state index contributed by atoms with van der Waals surface area (Å²) in [5.41, 5.74) is 1.08. The molecular formula is C7H9N3O2. The SMILES string of the molecule is O=C(O)c1cc2n(n1)CCNC2. The van der Waals surface area contributed by atoms with Gasteiger partial charge in [0.1, 0.15) is 0 Å². The first-order valence-corrected chi connectivity index (χ1v) is 3.78. The van der Waals surface area contributed by atoms with Crippen LogP contribution in [-0.4, -0.2) is 27.4 Å². The number of aromatic nitrogens is 2. The first kappa shape index (κ1) is 7.30. The smallest absolute Gasteiger partial charge is 0.356 e. The summed E-state index contributed by atoms with van der Waals surface area (Å²) in [4.78, 5) is 10.5. The average Bonchev–Trinajstić information content (AvgIpc) is 2.46. The summed E-state index contributed by atoms with van der Waals surface area (Å²) < 4.78 is 1.74. The molecule has 0 saturated heterocycles. The monoisotopic (exact) mass is 167 g/mol. The summed E-state index contributed by atoms with van der Waals surface area (Å²) in [5.74, 6) is -0.961. The van der Waals surface area contributed by atoms with Gasteiger partial charge >= 0.3 is 5.97 Å². The minimum atomic E-state index is -0.961. The Kier molecular flexibility index (Phi) is 1.58. The minimum Gasteiger partial charge on any atom is -0.476 e. The lowest BCUT2D eigenvalue weighted by molar-refractivity contribution is 0.0689. The number of aromatic carboxylic acids is 1. The van der Waals surface area contributed by atoms with Crippen LogP contribution in [0.1, 0.15) is 16.2 Å². The molecular weight excluding hydrogens is 158 g/mol. The number of nitrogens with zero attached hydrogens (tertiary/aromatic N) is 2. The maximum absolute atomic E-state index is 10.5. The van der Waals surface area contributed by atoms with Gasteiger partial charge in [0.05, 0.1) is 12.2 Å². The third-order valence-corrected chi connectivity index (χ3v) is 1.89. The second kappa shape index (κ2) is 2.60. The molecule has 2 rings (SSSR count). The van der Waals surface area contributed by atoms with Crippen LogP contribution < -0.4 is 5.32 Å². The van der Waals surface area contributed by atoms with Crippen molar-refractivity contribution in [2.75, 3.05) is 6.54 Å². The number of carbonyl (C=O) groups is 1. The van der Waals surface area contributed by atoms with Crippen molar-refractivity contribution >= 4 is 5.97 Å². The van der Waals surface area contributed by atoms with Crippen LogP contribution in [0.4, 0.5) is 0 Å². The summed E-state index contributed by atoms with van der Waals surface area (Å²) in [6.45, 7) is 2.32. The molecule has 5 heteroatoms. The van der Waals surface area contributed by atoms with Gasteiger partial charge in [0, 0.05) is 13.1 Å². The molecule has 0 aliphatic carbocycles. The van der Waals surface area contributed by atoms with E-state index in [-0.39, 0.29) is 5.69 Å². The highest BCUT2D eigenvalue weighted by atomic mass is 16.4. The van der Waals surface area contributed by atoms with Crippen LogP contribution in [-0.2, 0) is 13.1 Å². The van der Waals surface area contributed by atoms with Crippen molar-refractivity contribution in [1.29, 1.82) is 0 Å². The van der Waals surface area contributed by atoms with E-state index < -0.39 is 5.97 Å². The topological polar surface area (TPSA) is 67.1 Å². The molecule has 0 saturated carbocycles. The predicted molar refractivity (Wildman–Crippen MR) is 40.9 cm³/mol. The van der Waals surface area contributed by atoms with Gasteiger partial charge in [-0.3, -0.25) is 4.68 Å². The Morgan fingerprint density at radius 1 is 1.75 bits per heavy atom. The maximum Gasteiger partial charge on any atom is 0.356 e. The standard InChI is InChI=1S/C7H9N3O2/c11-7(12)6-3-5-4-8-1-2-10(5)9-6/h3,8H,1-2,4H2,(H,11,12). The molecule has 1 aromatic heterocycles. The molecule has 2 N–H and O–H groups in total. The zero-order valence-electron chi connectivity index (χ0n) is 6.45. The summed E-state index contributed by atoms with van der Waals surface area (Å²) >= 11 is 0. The van der Waals surface area contributed by atoms with E-state index in [2.05, 4.69) is 10.4 Å². The lowest BCUT2D eigenvalue weighted by Crippen LogP contribution is -2.28. The first-order valence-electron chi connectivity index (χ1n) is 3.78. The third-order valence-electron chi connectivity index (χ3n) is 1.89. The number of carboxylic acids is 1. The molecule has 2 heterocycles. The van der Waals surface area contributed by atoms with E-state index in [4.69, 9.17) is 5.11 Å². The summed E-state index contributed by atoms with van der Waals surface area (Å²) in [6.07, 6.45) is 0. The average molecular weight is 167 g/mol. The van der Waals surface area contributed by atoms with Crippen molar-refractivity contribution < 1.29 is 9.90 Å². The molecule has 12 heavy (non-hydrogen) atoms. The normalized spacial score (nSPS) is 15.7. The summed E-state index contributed by atoms with van der Waals surface area (Å²) in [6, 6.07) is 1.61. The van der Waals surface area contributed by atoms with Gasteiger partial charge in [-0.05, 0) is 6.07 Å². The zero-order valence-corrected chi connectivity index (χ0v) is 6.45. The largest absolute Gasteiger partial charge is 0.476 e. The van der Waals surface area contributed by atoms with Crippen molar-refractivity contribution in [3.63, 3.8) is 0 Å². The highest BCUT2D eigenvalue weighted by Crippen LogP contribution is 2.07. The zero-order chi connectivity index (χ0) is 8.55. The van der Waals surface area contributed by atoms with Crippen molar-refractivity contribution in [1.82, 2.24) is 15.1 Å². The van der Waals surface area contributed by atoms with Gasteiger partial charge in [-0.1, -0.05) is 0 Å². The Hall–Kier alpha value is -1.36. The van der Waals surface area contributed by atoms with E-state index in [1.807, 2.05) is 0 Å². The molecule has 0 radical (unpaired) electrons. The van der Waals surface area contributed by atoms with E-state index in [1.165, 1.54) is 0 Å². The quantitative estimate of drug-likeness (QED) is 0.601. The molecule has 0 fully saturated rings. The van der Waals surface area contributed by atoms with Crippen molar-refractivity contribution in [3.8, 4) is 0 Å². The van der Waals surface area contributed by atoms with E-state index in [9.17, 15) is 4.79 Å². The number of carboxylic acid groups (broad SMARTS) is 1. The molecule has 1 aliphatic rings. The molecule has 0 spiro atoms. The second-order valence-corrected chi connectivity index (χ2v) is 2.73. The molecule has 0 unspecified atom stereocenters. The van der Waals surface area contributed by atoms with Gasteiger partial charge in [0.15, 0.2) is 5.69 Å². The molecule has 0 amide bonds. The van der Waals surface area contributed by atoms with Gasteiger partial charge in [-0.25, -0.2) is 4.79 Å². The highest BCUT2D eigenvalue weighted by molar-refractivity contribution is 5.85. The Morgan fingerprint density at radius 3 is 3.25 bits per heavy atom. The van der Waals surface area contributed by atoms with Gasteiger partial charge in [0.25, 0.3) is 0 Å². The fraction of sp³-hybridized carbons (Fsp3) is 0.429. The number of hydrogen-bond acceptors (Lipinski definition) is 3. The third kappa shape index (κ3) is 1.08. The molecule has 1 aromatic rings. The Labute approximate surface area is 69.0 Å². The van der Waals surface area contributed by atoms with E-state index in [0.29, 0.717) is 6.54 Å². The molecule has 0 atom stereocenters. The number of hydrogen-bond donors (Lipinski definition) is 2. The number of fused-ring (bicyclic) bond motifs is 1. The van der Waals surface area contributed by atoms with E-state index in [0.717, 1.165) is 18.8 Å². The van der Waals surface area contributed by atoms with Crippen molar-refractivity contribution in [3.05, 3.63) is 17.5 Å². The van der Waals surface area contributed by atoms with E-state index in [1.54, 1.807) is 10.7 Å². The first-order chi connectivity index (χ1) is 5.77. The fourth-order valence-corrected chi connectivity index (χ4v) is 1.30. The highest BCUT2D eigenvalue weighted by Gasteiger charge is 2.14. The maximum atomic E-state index is 10.5. The minimum absolute atomic E-state index is 0.133. The van der Waals surface area contributed by atoms with Crippen LogP contribution in [0, 0.1) is 0 Å². The van der Waals surface area contributed by atoms with Crippen LogP contribution in [0.2, 0.25) is 0 Å². The lowest BCUT2D eigenvalue weighted by atomic mass is 10.3. The lowest BCUT2D eigenvalue weighted by Gasteiger charge is -2.13. The van der Waals surface area contributed by atoms with Crippen LogP contribution in [0.3, 0.4) is 0 Å². The Bertz CT molecular complexity index is 295.